The fraction of sp³-hybridized carbons (Fsp3) is 0.500. The summed E-state index contributed by atoms with van der Waals surface area (Å²) in [6, 6.07) is 6.87. The summed E-state index contributed by atoms with van der Waals surface area (Å²) in [7, 11) is 0. The van der Waals surface area contributed by atoms with Gasteiger partial charge in [-0.3, -0.25) is 0 Å². The molecule has 0 aliphatic heterocycles. The topological polar surface area (TPSA) is 26.0 Å². The molecule has 1 aliphatic carbocycles. The molecule has 2 N–H and O–H groups in total. The Bertz CT molecular complexity index is 337. The monoisotopic (exact) mass is 193 g/mol. The molecule has 0 bridgehead atoms. The van der Waals surface area contributed by atoms with E-state index in [4.69, 9.17) is 5.73 Å². The molecule has 0 saturated heterocycles. The summed E-state index contributed by atoms with van der Waals surface area (Å²) in [5.41, 5.74) is 7.03. The van der Waals surface area contributed by atoms with Crippen molar-refractivity contribution in [3.05, 3.63) is 35.6 Å². The van der Waals surface area contributed by atoms with Crippen molar-refractivity contribution in [3.8, 4) is 0 Å². The second-order valence-electron chi connectivity index (χ2n) is 4.60. The Hall–Kier alpha value is -0.890. The van der Waals surface area contributed by atoms with Gasteiger partial charge in [-0.15, -0.1) is 0 Å². The quantitative estimate of drug-likeness (QED) is 0.783. The molecule has 0 spiro atoms. The summed E-state index contributed by atoms with van der Waals surface area (Å²) in [4.78, 5) is 0. The molecule has 1 fully saturated rings. The standard InChI is InChI=1S/C12H16FN/c1-12(7-10(12)8-14)6-9-3-2-4-11(13)5-9/h2-5,10H,6-8,14H2,1H3. The summed E-state index contributed by atoms with van der Waals surface area (Å²) in [5, 5.41) is 0. The fourth-order valence-corrected chi connectivity index (χ4v) is 2.20. The second-order valence-corrected chi connectivity index (χ2v) is 4.60. The van der Waals surface area contributed by atoms with Gasteiger partial charge >= 0.3 is 0 Å². The number of nitrogens with two attached hydrogens (primary N) is 1. The van der Waals surface area contributed by atoms with Crippen molar-refractivity contribution in [1.29, 1.82) is 0 Å². The van der Waals surface area contributed by atoms with Gasteiger partial charge < -0.3 is 5.73 Å². The predicted molar refractivity (Wildman–Crippen MR) is 55.4 cm³/mol. The Balaban J connectivity index is 2.05. The molecule has 0 radical (unpaired) electrons. The first-order valence-corrected chi connectivity index (χ1v) is 5.08. The van der Waals surface area contributed by atoms with Crippen LogP contribution in [0.25, 0.3) is 0 Å². The van der Waals surface area contributed by atoms with Crippen molar-refractivity contribution in [1.82, 2.24) is 0 Å². The van der Waals surface area contributed by atoms with Crippen molar-refractivity contribution < 1.29 is 4.39 Å². The third-order valence-electron chi connectivity index (χ3n) is 3.32. The highest BCUT2D eigenvalue weighted by molar-refractivity contribution is 5.20. The lowest BCUT2D eigenvalue weighted by Gasteiger charge is -2.10. The lowest BCUT2D eigenvalue weighted by atomic mass is 9.96. The number of hydrogen-bond donors (Lipinski definition) is 1. The Morgan fingerprint density at radius 2 is 2.36 bits per heavy atom. The van der Waals surface area contributed by atoms with Crippen LogP contribution in [-0.2, 0) is 6.42 Å². The van der Waals surface area contributed by atoms with E-state index in [9.17, 15) is 4.39 Å². The molecule has 1 aliphatic rings. The van der Waals surface area contributed by atoms with E-state index in [1.807, 2.05) is 6.07 Å². The third kappa shape index (κ3) is 1.80. The van der Waals surface area contributed by atoms with Gasteiger partial charge in [0.25, 0.3) is 0 Å². The van der Waals surface area contributed by atoms with Gasteiger partial charge in [-0.2, -0.15) is 0 Å². The summed E-state index contributed by atoms with van der Waals surface area (Å²) in [6.07, 6.45) is 2.13. The van der Waals surface area contributed by atoms with Gasteiger partial charge in [0.15, 0.2) is 0 Å². The average molecular weight is 193 g/mol. The highest BCUT2D eigenvalue weighted by Gasteiger charge is 2.48. The first kappa shape index (κ1) is 9.66. The maximum atomic E-state index is 12.9. The highest BCUT2D eigenvalue weighted by Crippen LogP contribution is 2.53. The Morgan fingerprint density at radius 1 is 1.57 bits per heavy atom. The molecule has 1 aromatic rings. The lowest BCUT2D eigenvalue weighted by molar-refractivity contribution is 0.502. The molecule has 0 aromatic heterocycles. The first-order valence-electron chi connectivity index (χ1n) is 5.08. The average Bonchev–Trinajstić information content (AvgIpc) is 2.76. The van der Waals surface area contributed by atoms with Crippen molar-refractivity contribution in [2.75, 3.05) is 6.54 Å². The van der Waals surface area contributed by atoms with Crippen molar-refractivity contribution in [2.24, 2.45) is 17.1 Å². The lowest BCUT2D eigenvalue weighted by Crippen LogP contribution is -2.10. The van der Waals surface area contributed by atoms with Gasteiger partial charge in [-0.25, -0.2) is 4.39 Å². The maximum absolute atomic E-state index is 12.9. The minimum absolute atomic E-state index is 0.143. The van der Waals surface area contributed by atoms with Crippen LogP contribution in [0.3, 0.4) is 0 Å². The smallest absolute Gasteiger partial charge is 0.123 e. The summed E-state index contributed by atoms with van der Waals surface area (Å²) >= 11 is 0. The Morgan fingerprint density at radius 3 is 2.93 bits per heavy atom. The molecule has 1 saturated carbocycles. The zero-order chi connectivity index (χ0) is 10.2. The third-order valence-corrected chi connectivity index (χ3v) is 3.32. The van der Waals surface area contributed by atoms with Gasteiger partial charge in [-0.1, -0.05) is 19.1 Å². The van der Waals surface area contributed by atoms with E-state index in [-0.39, 0.29) is 5.82 Å². The van der Waals surface area contributed by atoms with E-state index in [0.29, 0.717) is 11.3 Å². The SMILES string of the molecule is CC1(Cc2cccc(F)c2)CC1CN. The summed E-state index contributed by atoms with van der Waals surface area (Å²) < 4.78 is 12.9. The van der Waals surface area contributed by atoms with Crippen LogP contribution in [0, 0.1) is 17.2 Å². The predicted octanol–water partition coefficient (Wildman–Crippen LogP) is 2.35. The van der Waals surface area contributed by atoms with E-state index in [0.717, 1.165) is 18.5 Å². The zero-order valence-corrected chi connectivity index (χ0v) is 8.46. The second kappa shape index (κ2) is 3.35. The van der Waals surface area contributed by atoms with Crippen molar-refractivity contribution >= 4 is 0 Å². The molecule has 0 amide bonds. The molecule has 14 heavy (non-hydrogen) atoms. The molecule has 2 heteroatoms. The number of hydrogen-bond acceptors (Lipinski definition) is 1. The van der Waals surface area contributed by atoms with Crippen molar-refractivity contribution in [3.63, 3.8) is 0 Å². The zero-order valence-electron chi connectivity index (χ0n) is 8.46. The molecule has 1 nitrogen and oxygen atoms in total. The van der Waals surface area contributed by atoms with Crippen LogP contribution in [0.1, 0.15) is 18.9 Å². The van der Waals surface area contributed by atoms with E-state index >= 15 is 0 Å². The summed E-state index contributed by atoms with van der Waals surface area (Å²) in [5.74, 6) is 0.488. The van der Waals surface area contributed by atoms with Crippen LogP contribution in [0.5, 0.6) is 0 Å². The molecular formula is C12H16FN. The molecular weight excluding hydrogens is 177 g/mol. The number of rotatable bonds is 3. The highest BCUT2D eigenvalue weighted by atomic mass is 19.1. The van der Waals surface area contributed by atoms with Crippen LogP contribution in [-0.4, -0.2) is 6.54 Å². The van der Waals surface area contributed by atoms with Crippen LogP contribution in [0.2, 0.25) is 0 Å². The van der Waals surface area contributed by atoms with E-state index in [1.165, 1.54) is 12.5 Å². The minimum atomic E-state index is -0.143. The van der Waals surface area contributed by atoms with Crippen LogP contribution < -0.4 is 5.73 Å². The Kier molecular flexibility index (Phi) is 2.31. The van der Waals surface area contributed by atoms with Gasteiger partial charge in [0.1, 0.15) is 5.82 Å². The van der Waals surface area contributed by atoms with Crippen molar-refractivity contribution in [2.45, 2.75) is 19.8 Å². The normalized spacial score (nSPS) is 30.4. The maximum Gasteiger partial charge on any atom is 0.123 e. The first-order chi connectivity index (χ1) is 6.64. The van der Waals surface area contributed by atoms with E-state index in [1.54, 1.807) is 12.1 Å². The molecule has 1 aromatic carbocycles. The summed E-state index contributed by atoms with van der Waals surface area (Å²) in [6.45, 7) is 2.99. The molecule has 0 heterocycles. The van der Waals surface area contributed by atoms with E-state index in [2.05, 4.69) is 6.92 Å². The molecule has 2 unspecified atom stereocenters. The van der Waals surface area contributed by atoms with Gasteiger partial charge in [0.2, 0.25) is 0 Å². The number of halogens is 1. The fourth-order valence-electron chi connectivity index (χ4n) is 2.20. The molecule has 2 rings (SSSR count). The van der Waals surface area contributed by atoms with Crippen LogP contribution in [0.4, 0.5) is 4.39 Å². The number of benzene rings is 1. The minimum Gasteiger partial charge on any atom is -0.330 e. The van der Waals surface area contributed by atoms with Gasteiger partial charge in [-0.05, 0) is 48.4 Å². The van der Waals surface area contributed by atoms with Crippen LogP contribution >= 0.6 is 0 Å². The Labute approximate surface area is 84.1 Å². The van der Waals surface area contributed by atoms with Gasteiger partial charge in [0, 0.05) is 0 Å². The van der Waals surface area contributed by atoms with Crippen LogP contribution in [0.15, 0.2) is 24.3 Å². The van der Waals surface area contributed by atoms with E-state index < -0.39 is 0 Å². The molecule has 2 atom stereocenters. The largest absolute Gasteiger partial charge is 0.330 e. The van der Waals surface area contributed by atoms with Gasteiger partial charge in [0.05, 0.1) is 0 Å². The molecule has 76 valence electrons.